The van der Waals surface area contributed by atoms with E-state index in [0.29, 0.717) is 17.8 Å². The number of ether oxygens (including phenoxy) is 1. The first-order valence-electron chi connectivity index (χ1n) is 15.0. The van der Waals surface area contributed by atoms with Crippen LogP contribution in [0.15, 0.2) is 97.2 Å². The monoisotopic (exact) mass is 638 g/mol. The summed E-state index contributed by atoms with van der Waals surface area (Å²) in [6.07, 6.45) is 2.36. The normalized spacial score (nSPS) is 13.2. The van der Waals surface area contributed by atoms with Crippen molar-refractivity contribution in [3.63, 3.8) is 0 Å². The Balaban J connectivity index is 1.38. The van der Waals surface area contributed by atoms with Crippen LogP contribution < -0.4 is 20.4 Å². The molecule has 5 rings (SSSR count). The van der Waals surface area contributed by atoms with Crippen LogP contribution in [0.1, 0.15) is 55.4 Å². The number of nitrogens with zero attached hydrogens (tertiary/aromatic N) is 3. The first-order valence-corrected chi connectivity index (χ1v) is 17.0. The van der Waals surface area contributed by atoms with E-state index < -0.39 is 36.4 Å². The van der Waals surface area contributed by atoms with Gasteiger partial charge in [-0.3, -0.25) is 9.20 Å². The number of hydrogen-bond acceptors (Lipinski definition) is 5. The molecule has 1 atom stereocenters. The zero-order chi connectivity index (χ0) is 33.1. The zero-order valence-corrected chi connectivity index (χ0v) is 27.2. The molecule has 2 aromatic heterocycles. The van der Waals surface area contributed by atoms with Gasteiger partial charge in [-0.1, -0.05) is 80.6 Å². The lowest BCUT2D eigenvalue weighted by Crippen LogP contribution is -2.65. The van der Waals surface area contributed by atoms with Gasteiger partial charge in [-0.25, -0.2) is 13.8 Å². The summed E-state index contributed by atoms with van der Waals surface area (Å²) in [4.78, 5) is 30.8. The summed E-state index contributed by atoms with van der Waals surface area (Å²) in [7, 11) is -3.32. The van der Waals surface area contributed by atoms with Crippen molar-refractivity contribution in [1.29, 1.82) is 5.26 Å². The van der Waals surface area contributed by atoms with Crippen LogP contribution in [0, 0.1) is 29.9 Å². The SMILES string of the molecule is Cc1nc2c(OCc3c(F)cccc3F)cccn2c1C(=O)NC(C)(C#N)CCC(C)(C)[Si](O)(c1ccccc1)c1ccccc1. The summed E-state index contributed by atoms with van der Waals surface area (Å²) in [5.41, 5.74) is -0.597. The summed E-state index contributed by atoms with van der Waals surface area (Å²) < 4.78 is 35.6. The summed E-state index contributed by atoms with van der Waals surface area (Å²) in [5, 5.41) is 14.3. The number of carbonyl (C=O) groups excluding carboxylic acids is 1. The van der Waals surface area contributed by atoms with Crippen molar-refractivity contribution in [2.45, 2.75) is 57.7 Å². The number of carbonyl (C=O) groups is 1. The maximum Gasteiger partial charge on any atom is 0.271 e. The van der Waals surface area contributed by atoms with Crippen molar-refractivity contribution in [3.05, 3.63) is 126 Å². The standard InChI is InChI=1S/C36H36F2N4O3Si/c1-25-32(42-22-12-19-31(33(42)40-25)45-23-28-29(37)17-11-18-30(28)38)34(43)41-36(4,24-39)21-20-35(2,3)46(44,26-13-7-5-8-14-26)27-15-9-6-10-16-27/h5-19,22,44H,20-21,23H2,1-4H3,(H,41,43). The quantitative estimate of drug-likeness (QED) is 0.178. The van der Waals surface area contributed by atoms with Crippen LogP contribution in [0.3, 0.4) is 0 Å². The maximum absolute atomic E-state index is 14.2. The van der Waals surface area contributed by atoms with Gasteiger partial charge in [0.05, 0.1) is 17.3 Å². The summed E-state index contributed by atoms with van der Waals surface area (Å²) in [6, 6.07) is 28.4. The van der Waals surface area contributed by atoms with E-state index in [-0.39, 0.29) is 30.0 Å². The van der Waals surface area contributed by atoms with Crippen molar-refractivity contribution in [2.24, 2.45) is 0 Å². The molecule has 46 heavy (non-hydrogen) atoms. The highest BCUT2D eigenvalue weighted by atomic mass is 28.4. The fourth-order valence-corrected chi connectivity index (χ4v) is 9.60. The Labute approximate surface area is 268 Å². The number of pyridine rings is 1. The first-order chi connectivity index (χ1) is 21.9. The molecule has 3 aromatic carbocycles. The number of halogens is 2. The highest BCUT2D eigenvalue weighted by molar-refractivity contribution is 6.98. The molecule has 1 unspecified atom stereocenters. The van der Waals surface area contributed by atoms with Gasteiger partial charge in [0.1, 0.15) is 29.5 Å². The molecule has 0 aliphatic rings. The Morgan fingerprint density at radius 1 is 0.935 bits per heavy atom. The minimum absolute atomic E-state index is 0.206. The van der Waals surface area contributed by atoms with Crippen molar-refractivity contribution >= 4 is 30.2 Å². The fourth-order valence-electron chi connectivity index (χ4n) is 5.87. The van der Waals surface area contributed by atoms with Crippen molar-refractivity contribution < 1.29 is 23.1 Å². The van der Waals surface area contributed by atoms with Crippen LogP contribution in [-0.2, 0) is 6.61 Å². The van der Waals surface area contributed by atoms with Crippen LogP contribution in [-0.4, -0.2) is 33.9 Å². The first kappa shape index (κ1) is 32.5. The molecular formula is C36H36F2N4O3Si. The number of rotatable bonds is 11. The molecule has 2 N–H and O–H groups in total. The molecular weight excluding hydrogens is 603 g/mol. The number of nitriles is 1. The second-order valence-electron chi connectivity index (χ2n) is 12.3. The molecule has 1 amide bonds. The molecule has 0 bridgehead atoms. The average molecular weight is 639 g/mol. The number of benzene rings is 3. The molecule has 0 saturated carbocycles. The number of hydrogen-bond donors (Lipinski definition) is 2. The lowest BCUT2D eigenvalue weighted by Gasteiger charge is -2.42. The fraction of sp³-hybridized carbons (Fsp3) is 0.250. The topological polar surface area (TPSA) is 99.7 Å². The third kappa shape index (κ3) is 6.16. The third-order valence-corrected chi connectivity index (χ3v) is 13.2. The van der Waals surface area contributed by atoms with Crippen LogP contribution in [0.4, 0.5) is 8.78 Å². The van der Waals surface area contributed by atoms with Gasteiger partial charge in [0, 0.05) is 6.20 Å². The number of fused-ring (bicyclic) bond motifs is 1. The van der Waals surface area contributed by atoms with Crippen LogP contribution in [0.25, 0.3) is 5.65 Å². The van der Waals surface area contributed by atoms with Gasteiger partial charge in [-0.15, -0.1) is 0 Å². The van der Waals surface area contributed by atoms with Gasteiger partial charge in [0.2, 0.25) is 0 Å². The Morgan fingerprint density at radius 2 is 1.52 bits per heavy atom. The molecule has 0 spiro atoms. The lowest BCUT2D eigenvalue weighted by molar-refractivity contribution is 0.0913. The molecule has 0 fully saturated rings. The Kier molecular flexibility index (Phi) is 9.10. The minimum Gasteiger partial charge on any atom is -0.485 e. The van der Waals surface area contributed by atoms with E-state index in [2.05, 4.69) is 16.4 Å². The molecule has 7 nitrogen and oxygen atoms in total. The minimum atomic E-state index is -3.32. The van der Waals surface area contributed by atoms with Crippen LogP contribution in [0.5, 0.6) is 5.75 Å². The second-order valence-corrected chi connectivity index (χ2v) is 16.3. The molecule has 5 aromatic rings. The van der Waals surface area contributed by atoms with E-state index in [4.69, 9.17) is 4.74 Å². The molecule has 0 saturated heterocycles. The van der Waals surface area contributed by atoms with Gasteiger partial charge in [-0.2, -0.15) is 5.26 Å². The zero-order valence-electron chi connectivity index (χ0n) is 26.2. The summed E-state index contributed by atoms with van der Waals surface area (Å²) in [6.45, 7) is 7.00. The number of amides is 1. The van der Waals surface area contributed by atoms with Gasteiger partial charge >= 0.3 is 0 Å². The Bertz CT molecular complexity index is 1850. The smallest absolute Gasteiger partial charge is 0.271 e. The summed E-state index contributed by atoms with van der Waals surface area (Å²) in [5.74, 6) is -1.72. The van der Waals surface area contributed by atoms with Gasteiger partial charge in [0.15, 0.2) is 11.4 Å². The molecule has 236 valence electrons. The van der Waals surface area contributed by atoms with E-state index in [1.165, 1.54) is 10.5 Å². The Hall–Kier alpha value is -4.85. The predicted molar refractivity (Wildman–Crippen MR) is 176 cm³/mol. The Morgan fingerprint density at radius 3 is 2.09 bits per heavy atom. The van der Waals surface area contributed by atoms with E-state index >= 15 is 0 Å². The van der Waals surface area contributed by atoms with Gasteiger partial charge in [-0.05, 0) is 66.4 Å². The number of aromatic nitrogens is 2. The van der Waals surface area contributed by atoms with Crippen molar-refractivity contribution in [3.8, 4) is 11.8 Å². The van der Waals surface area contributed by atoms with Gasteiger partial charge < -0.3 is 14.8 Å². The van der Waals surface area contributed by atoms with Crippen molar-refractivity contribution in [2.75, 3.05) is 0 Å². The molecule has 0 aliphatic heterocycles. The van der Waals surface area contributed by atoms with Gasteiger partial charge in [0.25, 0.3) is 14.2 Å². The largest absolute Gasteiger partial charge is 0.485 e. The molecule has 2 heterocycles. The number of nitrogens with one attached hydrogen (secondary N) is 1. The van der Waals surface area contributed by atoms with Crippen LogP contribution >= 0.6 is 0 Å². The van der Waals surface area contributed by atoms with E-state index in [0.717, 1.165) is 22.5 Å². The average Bonchev–Trinajstić information content (AvgIpc) is 3.40. The molecule has 0 radical (unpaired) electrons. The van der Waals surface area contributed by atoms with Crippen LogP contribution in [0.2, 0.25) is 5.04 Å². The van der Waals surface area contributed by atoms with E-state index in [1.807, 2.05) is 74.5 Å². The molecule has 10 heteroatoms. The highest BCUT2D eigenvalue weighted by Crippen LogP contribution is 2.41. The summed E-state index contributed by atoms with van der Waals surface area (Å²) >= 11 is 0. The third-order valence-electron chi connectivity index (χ3n) is 8.69. The maximum atomic E-state index is 14.2. The highest BCUT2D eigenvalue weighted by Gasteiger charge is 2.50. The lowest BCUT2D eigenvalue weighted by atomic mass is 9.92. The molecule has 0 aliphatic carbocycles. The predicted octanol–water partition coefficient (Wildman–Crippen LogP) is 5.82. The second kappa shape index (κ2) is 12.9. The van der Waals surface area contributed by atoms with E-state index in [9.17, 15) is 23.6 Å². The number of imidazole rings is 1. The van der Waals surface area contributed by atoms with Crippen molar-refractivity contribution in [1.82, 2.24) is 14.7 Å². The van der Waals surface area contributed by atoms with E-state index in [1.54, 1.807) is 32.2 Å². The number of aryl methyl sites for hydroxylation is 1.